The number of thioether (sulfide) groups is 1. The molecule has 0 aliphatic rings. The van der Waals surface area contributed by atoms with Crippen molar-refractivity contribution >= 4 is 40.0 Å². The van der Waals surface area contributed by atoms with E-state index < -0.39 is 0 Å². The Morgan fingerprint density at radius 1 is 1.00 bits per heavy atom. The van der Waals surface area contributed by atoms with Gasteiger partial charge in [0, 0.05) is 36.7 Å². The van der Waals surface area contributed by atoms with Crippen LogP contribution in [0.2, 0.25) is 0 Å². The molecule has 2 N–H and O–H groups in total. The molecule has 2 amide bonds. The van der Waals surface area contributed by atoms with Crippen molar-refractivity contribution in [2.75, 3.05) is 24.7 Å². The molecule has 3 aromatic carbocycles. The summed E-state index contributed by atoms with van der Waals surface area (Å²) >= 11 is 1.32. The summed E-state index contributed by atoms with van der Waals surface area (Å²) in [6.45, 7) is 0.420. The molecule has 0 saturated carbocycles. The summed E-state index contributed by atoms with van der Waals surface area (Å²) in [6, 6.07) is 20.7. The molecule has 0 aliphatic carbocycles. The van der Waals surface area contributed by atoms with E-state index in [4.69, 9.17) is 4.74 Å². The highest BCUT2D eigenvalue weighted by Crippen LogP contribution is 2.24. The van der Waals surface area contributed by atoms with Crippen LogP contribution in [0.1, 0.15) is 16.2 Å². The molecular formula is C25H25N5O3S. The minimum atomic E-state index is -0.162. The minimum absolute atomic E-state index is 0.113. The molecule has 1 aromatic heterocycles. The van der Waals surface area contributed by atoms with Crippen LogP contribution in [0.4, 0.5) is 5.69 Å². The van der Waals surface area contributed by atoms with E-state index in [1.54, 1.807) is 31.4 Å². The zero-order chi connectivity index (χ0) is 23.9. The third-order valence-electron chi connectivity index (χ3n) is 5.31. The second-order valence-corrected chi connectivity index (χ2v) is 8.50. The third-order valence-corrected chi connectivity index (χ3v) is 6.33. The van der Waals surface area contributed by atoms with E-state index in [1.165, 1.54) is 11.8 Å². The number of anilines is 1. The fourth-order valence-electron chi connectivity index (χ4n) is 3.47. The van der Waals surface area contributed by atoms with Crippen LogP contribution in [0.3, 0.4) is 0 Å². The summed E-state index contributed by atoms with van der Waals surface area (Å²) in [7, 11) is 3.44. The molecule has 34 heavy (non-hydrogen) atoms. The Hall–Kier alpha value is -3.85. The van der Waals surface area contributed by atoms with E-state index in [0.717, 1.165) is 22.3 Å². The fraction of sp³-hybridized carbons (Fsp3) is 0.200. The van der Waals surface area contributed by atoms with Crippen molar-refractivity contribution in [3.63, 3.8) is 0 Å². The van der Waals surface area contributed by atoms with Gasteiger partial charge in [0.15, 0.2) is 5.16 Å². The fourth-order valence-corrected chi connectivity index (χ4v) is 4.20. The Bertz CT molecular complexity index is 1300. The number of methoxy groups -OCH3 is 1. The number of fused-ring (bicyclic) bond motifs is 1. The van der Waals surface area contributed by atoms with Gasteiger partial charge >= 0.3 is 0 Å². The standard InChI is InChI=1S/C25H25N5O3S/c1-30-22(14-15-26-24(32)18-10-12-19(33-2)13-11-18)28-29-25(30)34-16-23(31)27-21-9-5-7-17-6-3-4-8-20(17)21/h3-13H,14-16H2,1-2H3,(H,26,32)(H,27,31). The number of hydrogen-bond donors (Lipinski definition) is 2. The topological polar surface area (TPSA) is 98.1 Å². The Balaban J connectivity index is 1.27. The number of carbonyl (C=O) groups excluding carboxylic acids is 2. The van der Waals surface area contributed by atoms with Crippen molar-refractivity contribution in [3.05, 3.63) is 78.1 Å². The first-order chi connectivity index (χ1) is 16.5. The molecule has 8 nitrogen and oxygen atoms in total. The van der Waals surface area contributed by atoms with Gasteiger partial charge in [-0.15, -0.1) is 10.2 Å². The van der Waals surface area contributed by atoms with Crippen molar-refractivity contribution in [2.45, 2.75) is 11.6 Å². The molecule has 174 valence electrons. The van der Waals surface area contributed by atoms with E-state index in [0.29, 0.717) is 29.4 Å². The lowest BCUT2D eigenvalue weighted by molar-refractivity contribution is -0.113. The van der Waals surface area contributed by atoms with Crippen molar-refractivity contribution in [1.29, 1.82) is 0 Å². The number of nitrogens with zero attached hydrogens (tertiary/aromatic N) is 3. The zero-order valence-corrected chi connectivity index (χ0v) is 19.8. The largest absolute Gasteiger partial charge is 0.497 e. The molecule has 0 fully saturated rings. The summed E-state index contributed by atoms with van der Waals surface area (Å²) < 4.78 is 6.95. The van der Waals surface area contributed by atoms with Crippen molar-refractivity contribution in [1.82, 2.24) is 20.1 Å². The molecule has 0 saturated heterocycles. The number of benzene rings is 3. The van der Waals surface area contributed by atoms with Crippen LogP contribution in [0.5, 0.6) is 5.75 Å². The highest BCUT2D eigenvalue weighted by atomic mass is 32.2. The number of carbonyl (C=O) groups is 2. The number of nitrogens with one attached hydrogen (secondary N) is 2. The first-order valence-electron chi connectivity index (χ1n) is 10.8. The Morgan fingerprint density at radius 3 is 2.56 bits per heavy atom. The molecule has 1 heterocycles. The first-order valence-corrected chi connectivity index (χ1v) is 11.7. The summed E-state index contributed by atoms with van der Waals surface area (Å²) in [5.74, 6) is 1.37. The Morgan fingerprint density at radius 2 is 1.76 bits per heavy atom. The zero-order valence-electron chi connectivity index (χ0n) is 18.9. The Kier molecular flexibility index (Phi) is 7.44. The molecular weight excluding hydrogens is 450 g/mol. The smallest absolute Gasteiger partial charge is 0.251 e. The van der Waals surface area contributed by atoms with Crippen LogP contribution in [0.25, 0.3) is 10.8 Å². The summed E-state index contributed by atoms with van der Waals surface area (Å²) in [5, 5.41) is 17.0. The number of aromatic nitrogens is 3. The van der Waals surface area contributed by atoms with Crippen LogP contribution in [-0.2, 0) is 18.3 Å². The third kappa shape index (κ3) is 5.55. The van der Waals surface area contributed by atoms with Crippen molar-refractivity contribution in [2.24, 2.45) is 7.05 Å². The number of rotatable bonds is 9. The van der Waals surface area contributed by atoms with E-state index in [1.807, 2.05) is 54.1 Å². The number of hydrogen-bond acceptors (Lipinski definition) is 6. The predicted octanol–water partition coefficient (Wildman–Crippen LogP) is 3.68. The molecule has 4 aromatic rings. The molecule has 0 atom stereocenters. The lowest BCUT2D eigenvalue weighted by atomic mass is 10.1. The Labute approximate surface area is 201 Å². The normalized spacial score (nSPS) is 10.8. The van der Waals surface area contributed by atoms with Crippen molar-refractivity contribution in [3.8, 4) is 5.75 Å². The minimum Gasteiger partial charge on any atom is -0.497 e. The molecule has 4 rings (SSSR count). The van der Waals surface area contributed by atoms with Gasteiger partial charge in [0.25, 0.3) is 5.91 Å². The van der Waals surface area contributed by atoms with Gasteiger partial charge in [0.05, 0.1) is 12.9 Å². The van der Waals surface area contributed by atoms with Gasteiger partial charge in [-0.3, -0.25) is 9.59 Å². The van der Waals surface area contributed by atoms with Gasteiger partial charge in [-0.05, 0) is 35.7 Å². The van der Waals surface area contributed by atoms with Crippen LogP contribution in [0.15, 0.2) is 71.9 Å². The molecule has 0 spiro atoms. The summed E-state index contributed by atoms with van der Waals surface area (Å²) in [6.07, 6.45) is 0.522. The molecule has 0 aliphatic heterocycles. The van der Waals surface area contributed by atoms with Crippen LogP contribution in [0, 0.1) is 0 Å². The maximum absolute atomic E-state index is 12.5. The molecule has 9 heteroatoms. The van der Waals surface area contributed by atoms with Crippen molar-refractivity contribution < 1.29 is 14.3 Å². The van der Waals surface area contributed by atoms with Gasteiger partial charge in [-0.1, -0.05) is 48.2 Å². The van der Waals surface area contributed by atoms with Crippen LogP contribution in [-0.4, -0.2) is 46.0 Å². The maximum atomic E-state index is 12.5. The van der Waals surface area contributed by atoms with Gasteiger partial charge in [0.2, 0.25) is 5.91 Å². The number of amides is 2. The highest BCUT2D eigenvalue weighted by Gasteiger charge is 2.13. The van der Waals surface area contributed by atoms with E-state index >= 15 is 0 Å². The monoisotopic (exact) mass is 475 g/mol. The predicted molar refractivity (Wildman–Crippen MR) is 133 cm³/mol. The van der Waals surface area contributed by atoms with E-state index in [-0.39, 0.29) is 17.6 Å². The average molecular weight is 476 g/mol. The average Bonchev–Trinajstić information content (AvgIpc) is 3.22. The maximum Gasteiger partial charge on any atom is 0.251 e. The first kappa shape index (κ1) is 23.3. The van der Waals surface area contributed by atoms with E-state index in [2.05, 4.69) is 20.8 Å². The summed E-state index contributed by atoms with van der Waals surface area (Å²) in [5.41, 5.74) is 1.35. The van der Waals surface area contributed by atoms with Gasteiger partial charge in [0.1, 0.15) is 11.6 Å². The highest BCUT2D eigenvalue weighted by molar-refractivity contribution is 7.99. The van der Waals surface area contributed by atoms with Crippen LogP contribution < -0.4 is 15.4 Å². The lowest BCUT2D eigenvalue weighted by Crippen LogP contribution is -2.26. The lowest BCUT2D eigenvalue weighted by Gasteiger charge is -2.09. The molecule has 0 bridgehead atoms. The SMILES string of the molecule is COc1ccc(C(=O)NCCc2nnc(SCC(=O)Nc3cccc4ccccc34)n2C)cc1. The second-order valence-electron chi connectivity index (χ2n) is 7.56. The quantitative estimate of drug-likeness (QED) is 0.359. The van der Waals surface area contributed by atoms with Gasteiger partial charge in [-0.25, -0.2) is 0 Å². The molecule has 0 unspecified atom stereocenters. The second kappa shape index (κ2) is 10.8. The molecule has 0 radical (unpaired) electrons. The van der Waals surface area contributed by atoms with Gasteiger partial charge < -0.3 is 19.9 Å². The summed E-state index contributed by atoms with van der Waals surface area (Å²) in [4.78, 5) is 24.8. The number of ether oxygens (including phenoxy) is 1. The van der Waals surface area contributed by atoms with E-state index in [9.17, 15) is 9.59 Å². The van der Waals surface area contributed by atoms with Gasteiger partial charge in [-0.2, -0.15) is 0 Å². The van der Waals surface area contributed by atoms with Crippen LogP contribution >= 0.6 is 11.8 Å².